The molecule has 0 heterocycles. The van der Waals surface area contributed by atoms with Gasteiger partial charge in [0.15, 0.2) is 0 Å². The van der Waals surface area contributed by atoms with E-state index in [0.29, 0.717) is 0 Å². The van der Waals surface area contributed by atoms with Gasteiger partial charge in [0.25, 0.3) is 0 Å². The van der Waals surface area contributed by atoms with Crippen LogP contribution in [0.25, 0.3) is 0 Å². The molecule has 0 N–H and O–H groups in total. The van der Waals surface area contributed by atoms with Crippen LogP contribution >= 0.6 is 0 Å². The van der Waals surface area contributed by atoms with E-state index < -0.39 is 0 Å². The third-order valence-corrected chi connectivity index (χ3v) is 2.57. The summed E-state index contributed by atoms with van der Waals surface area (Å²) in [6, 6.07) is 0. The van der Waals surface area contributed by atoms with Crippen molar-refractivity contribution in [2.45, 2.75) is 26.7 Å². The van der Waals surface area contributed by atoms with Crippen LogP contribution < -0.4 is 0 Å². The fourth-order valence-electron chi connectivity index (χ4n) is 1.84. The van der Waals surface area contributed by atoms with Gasteiger partial charge < -0.3 is 0 Å². The van der Waals surface area contributed by atoms with E-state index in [-0.39, 0.29) is 0 Å². The van der Waals surface area contributed by atoms with Gasteiger partial charge in [-0.15, -0.1) is 0 Å². The molecule has 0 unspecified atom stereocenters. The molecule has 0 heteroatoms. The van der Waals surface area contributed by atoms with E-state index in [9.17, 15) is 0 Å². The predicted octanol–water partition coefficient (Wildman–Crippen LogP) is 4.34. The van der Waals surface area contributed by atoms with Crippen LogP contribution in [0.1, 0.15) is 26.7 Å². The Bertz CT molecular complexity index is 335. The van der Waals surface area contributed by atoms with Crippen LogP contribution in [0.4, 0.5) is 0 Å². The SMILES string of the molecule is C=C/C=C(\C=C)C1=C(C)C=C(C)CC1. The maximum Gasteiger partial charge on any atom is -0.0228 e. The third-order valence-electron chi connectivity index (χ3n) is 2.57. The Labute approximate surface area is 87.0 Å². The van der Waals surface area contributed by atoms with E-state index in [4.69, 9.17) is 0 Å². The van der Waals surface area contributed by atoms with Crippen molar-refractivity contribution in [2.24, 2.45) is 0 Å². The molecule has 0 fully saturated rings. The second-order valence-electron chi connectivity index (χ2n) is 3.71. The average Bonchev–Trinajstić information content (AvgIpc) is 2.15. The summed E-state index contributed by atoms with van der Waals surface area (Å²) < 4.78 is 0. The van der Waals surface area contributed by atoms with Crippen molar-refractivity contribution in [3.05, 3.63) is 59.8 Å². The van der Waals surface area contributed by atoms with Crippen LogP contribution in [0.2, 0.25) is 0 Å². The lowest BCUT2D eigenvalue weighted by Crippen LogP contribution is -1.97. The maximum absolute atomic E-state index is 3.84. The van der Waals surface area contributed by atoms with Gasteiger partial charge in [0, 0.05) is 0 Å². The van der Waals surface area contributed by atoms with E-state index in [1.807, 2.05) is 18.2 Å². The molecule has 1 aliphatic rings. The Balaban J connectivity index is 3.08. The van der Waals surface area contributed by atoms with Gasteiger partial charge in [-0.25, -0.2) is 0 Å². The van der Waals surface area contributed by atoms with Crippen LogP contribution in [0.5, 0.6) is 0 Å². The minimum atomic E-state index is 1.12. The highest BCUT2D eigenvalue weighted by Gasteiger charge is 2.09. The van der Waals surface area contributed by atoms with Crippen LogP contribution in [0, 0.1) is 0 Å². The highest BCUT2D eigenvalue weighted by Crippen LogP contribution is 2.29. The Kier molecular flexibility index (Phi) is 3.70. The first-order valence-electron chi connectivity index (χ1n) is 5.01. The average molecular weight is 186 g/mol. The van der Waals surface area contributed by atoms with Gasteiger partial charge in [0.2, 0.25) is 0 Å². The van der Waals surface area contributed by atoms with E-state index in [0.717, 1.165) is 12.8 Å². The maximum atomic E-state index is 3.84. The van der Waals surface area contributed by atoms with Gasteiger partial charge in [0.1, 0.15) is 0 Å². The van der Waals surface area contributed by atoms with Crippen LogP contribution in [-0.2, 0) is 0 Å². The summed E-state index contributed by atoms with van der Waals surface area (Å²) in [6.45, 7) is 11.9. The van der Waals surface area contributed by atoms with Gasteiger partial charge in [-0.1, -0.05) is 43.0 Å². The molecule has 0 aromatic rings. The molecule has 0 bridgehead atoms. The lowest BCUT2D eigenvalue weighted by Gasteiger charge is -2.17. The Hall–Kier alpha value is -1.30. The van der Waals surface area contributed by atoms with E-state index in [2.05, 4.69) is 33.1 Å². The predicted molar refractivity (Wildman–Crippen MR) is 64.2 cm³/mol. The molecular weight excluding hydrogens is 168 g/mol. The molecule has 0 spiro atoms. The highest BCUT2D eigenvalue weighted by atomic mass is 14.1. The summed E-state index contributed by atoms with van der Waals surface area (Å²) in [4.78, 5) is 0. The number of rotatable bonds is 3. The number of allylic oxidation sites excluding steroid dienone is 8. The standard InChI is InChI=1S/C14H18/c1-5-7-13(6-2)14-9-8-11(3)10-12(14)4/h5-7,10H,1-2,8-9H2,3-4H3/b13-7+. The fourth-order valence-corrected chi connectivity index (χ4v) is 1.84. The van der Waals surface area contributed by atoms with Gasteiger partial charge in [-0.3, -0.25) is 0 Å². The molecule has 0 saturated heterocycles. The summed E-state index contributed by atoms with van der Waals surface area (Å²) >= 11 is 0. The van der Waals surface area contributed by atoms with Gasteiger partial charge in [-0.2, -0.15) is 0 Å². The molecule has 0 amide bonds. The third kappa shape index (κ3) is 2.35. The van der Waals surface area contributed by atoms with Crippen LogP contribution in [0.15, 0.2) is 59.8 Å². The Morgan fingerprint density at radius 3 is 2.50 bits per heavy atom. The molecule has 0 atom stereocenters. The summed E-state index contributed by atoms with van der Waals surface area (Å²) in [5.74, 6) is 0. The monoisotopic (exact) mass is 186 g/mol. The van der Waals surface area contributed by atoms with Gasteiger partial charge in [0.05, 0.1) is 0 Å². The van der Waals surface area contributed by atoms with Gasteiger partial charge in [-0.05, 0) is 43.4 Å². The molecule has 14 heavy (non-hydrogen) atoms. The Morgan fingerprint density at radius 1 is 1.29 bits per heavy atom. The van der Waals surface area contributed by atoms with E-state index >= 15 is 0 Å². The topological polar surface area (TPSA) is 0 Å². The first kappa shape index (κ1) is 10.8. The largest absolute Gasteiger partial charge is 0.0990 e. The van der Waals surface area contributed by atoms with Gasteiger partial charge >= 0.3 is 0 Å². The molecule has 0 saturated carbocycles. The first-order chi connectivity index (χ1) is 6.69. The first-order valence-corrected chi connectivity index (χ1v) is 5.01. The van der Waals surface area contributed by atoms with Crippen molar-refractivity contribution < 1.29 is 0 Å². The van der Waals surface area contributed by atoms with Crippen molar-refractivity contribution in [3.8, 4) is 0 Å². The summed E-state index contributed by atoms with van der Waals surface area (Å²) in [5, 5.41) is 0. The zero-order chi connectivity index (χ0) is 10.6. The molecule has 1 rings (SSSR count). The van der Waals surface area contributed by atoms with Crippen LogP contribution in [0.3, 0.4) is 0 Å². The van der Waals surface area contributed by atoms with Crippen LogP contribution in [-0.4, -0.2) is 0 Å². The number of hydrogen-bond acceptors (Lipinski definition) is 0. The number of hydrogen-bond donors (Lipinski definition) is 0. The molecule has 0 radical (unpaired) electrons. The summed E-state index contributed by atoms with van der Waals surface area (Å²) in [5.41, 5.74) is 5.45. The molecule has 0 aromatic carbocycles. The zero-order valence-electron chi connectivity index (χ0n) is 9.14. The highest BCUT2D eigenvalue weighted by molar-refractivity contribution is 5.48. The molecule has 0 aliphatic heterocycles. The minimum absolute atomic E-state index is 1.12. The summed E-state index contributed by atoms with van der Waals surface area (Å²) in [7, 11) is 0. The van der Waals surface area contributed by atoms with Crippen molar-refractivity contribution in [1.29, 1.82) is 0 Å². The minimum Gasteiger partial charge on any atom is -0.0990 e. The van der Waals surface area contributed by atoms with Crippen molar-refractivity contribution in [3.63, 3.8) is 0 Å². The van der Waals surface area contributed by atoms with Crippen molar-refractivity contribution in [2.75, 3.05) is 0 Å². The normalized spacial score (nSPS) is 17.9. The lowest BCUT2D eigenvalue weighted by molar-refractivity contribution is 0.900. The molecule has 1 aliphatic carbocycles. The second kappa shape index (κ2) is 4.80. The Morgan fingerprint density at radius 2 is 2.00 bits per heavy atom. The summed E-state index contributed by atoms with van der Waals surface area (Å²) in [6.07, 6.45) is 10.3. The molecule has 0 nitrogen and oxygen atoms in total. The van der Waals surface area contributed by atoms with E-state index in [1.165, 1.54) is 22.3 Å². The smallest absolute Gasteiger partial charge is 0.0228 e. The lowest BCUT2D eigenvalue weighted by atomic mass is 9.89. The second-order valence-corrected chi connectivity index (χ2v) is 3.71. The van der Waals surface area contributed by atoms with Crippen molar-refractivity contribution >= 4 is 0 Å². The molecule has 0 aromatic heterocycles. The zero-order valence-corrected chi connectivity index (χ0v) is 9.14. The van der Waals surface area contributed by atoms with E-state index in [1.54, 1.807) is 0 Å². The quantitative estimate of drug-likeness (QED) is 0.575. The van der Waals surface area contributed by atoms with Crippen molar-refractivity contribution in [1.82, 2.24) is 0 Å². The molecular formula is C14H18. The molecule has 74 valence electrons. The fraction of sp³-hybridized carbons (Fsp3) is 0.286.